The fourth-order valence-corrected chi connectivity index (χ4v) is 1.26. The highest BCUT2D eigenvalue weighted by Crippen LogP contribution is 2.33. The minimum absolute atomic E-state index is 0.0185. The summed E-state index contributed by atoms with van der Waals surface area (Å²) in [7, 11) is 1.17. The molecule has 1 N–H and O–H groups in total. The van der Waals surface area contributed by atoms with Gasteiger partial charge in [0, 0.05) is 0 Å². The predicted molar refractivity (Wildman–Crippen MR) is 51.6 cm³/mol. The lowest BCUT2D eigenvalue weighted by molar-refractivity contribution is -0.139. The summed E-state index contributed by atoms with van der Waals surface area (Å²) in [6, 6.07) is 1.14. The van der Waals surface area contributed by atoms with E-state index in [1.165, 1.54) is 7.11 Å². The lowest BCUT2D eigenvalue weighted by Crippen LogP contribution is -2.07. The molecule has 0 radical (unpaired) electrons. The number of esters is 1. The van der Waals surface area contributed by atoms with Gasteiger partial charge in [0.05, 0.1) is 24.2 Å². The molecule has 0 aliphatic rings. The van der Waals surface area contributed by atoms with Gasteiger partial charge >= 0.3 is 5.97 Å². The molecule has 1 heterocycles. The first-order chi connectivity index (χ1) is 7.45. The Bertz CT molecular complexity index is 412. The van der Waals surface area contributed by atoms with Crippen LogP contribution in [0.15, 0.2) is 6.07 Å². The lowest BCUT2D eigenvalue weighted by atomic mass is 10.2. The van der Waals surface area contributed by atoms with E-state index in [1.54, 1.807) is 0 Å². The smallest absolute Gasteiger partial charge is 0.311 e. The van der Waals surface area contributed by atoms with E-state index in [-0.39, 0.29) is 17.1 Å². The highest BCUT2D eigenvalue weighted by Gasteiger charge is 2.19. The number of carbonyl (C=O) groups excluding carboxylic acids is 1. The van der Waals surface area contributed by atoms with Crippen LogP contribution in [0.4, 0.5) is 8.78 Å². The summed E-state index contributed by atoms with van der Waals surface area (Å²) < 4.78 is 29.2. The first-order valence-corrected chi connectivity index (χ1v) is 4.56. The second-order valence-electron chi connectivity index (χ2n) is 2.88. The number of rotatable bonds is 3. The molecule has 0 saturated carbocycles. The average molecular weight is 252 g/mol. The number of ether oxygens (including phenoxy) is 1. The van der Waals surface area contributed by atoms with E-state index in [0.717, 1.165) is 6.07 Å². The quantitative estimate of drug-likeness (QED) is 0.836. The molecule has 0 aromatic carbocycles. The molecule has 0 atom stereocenters. The van der Waals surface area contributed by atoms with Gasteiger partial charge in [-0.15, -0.1) is 0 Å². The molecule has 16 heavy (non-hydrogen) atoms. The van der Waals surface area contributed by atoms with Gasteiger partial charge in [-0.2, -0.15) is 0 Å². The summed E-state index contributed by atoms with van der Waals surface area (Å²) in [5.41, 5.74) is -0.823. The number of methoxy groups -OCH3 is 1. The topological polar surface area (TPSA) is 59.4 Å². The summed E-state index contributed by atoms with van der Waals surface area (Å²) in [6.07, 6.45) is -3.24. The number of halogens is 3. The van der Waals surface area contributed by atoms with Gasteiger partial charge in [-0.25, -0.2) is 13.8 Å². The van der Waals surface area contributed by atoms with Crippen molar-refractivity contribution in [2.45, 2.75) is 12.8 Å². The fraction of sp³-hybridized carbons (Fsp3) is 0.333. The van der Waals surface area contributed by atoms with E-state index < -0.39 is 23.8 Å². The normalized spacial score (nSPS) is 10.6. The number of hydrogen-bond donors (Lipinski definition) is 1. The molecule has 0 unspecified atom stereocenters. The average Bonchev–Trinajstić information content (AvgIpc) is 2.22. The second-order valence-corrected chi connectivity index (χ2v) is 3.29. The maximum atomic E-state index is 12.4. The standard InChI is InChI=1S/C9H8ClF2NO3/c1-16-6(14)3-4-2-5(10)8(15)7(13-4)9(11)12/h2,9,15H,3H2,1H3. The van der Waals surface area contributed by atoms with Crippen LogP contribution in [0.2, 0.25) is 5.02 Å². The molecule has 0 saturated heterocycles. The molecule has 4 nitrogen and oxygen atoms in total. The number of alkyl halides is 2. The van der Waals surface area contributed by atoms with Crippen LogP contribution in [-0.2, 0) is 16.0 Å². The zero-order valence-corrected chi connectivity index (χ0v) is 8.96. The van der Waals surface area contributed by atoms with Crippen molar-refractivity contribution in [1.29, 1.82) is 0 Å². The van der Waals surface area contributed by atoms with Crippen LogP contribution in [0.1, 0.15) is 17.8 Å². The molecule has 0 fully saturated rings. The summed E-state index contributed by atoms with van der Waals surface area (Å²) in [5, 5.41) is 8.92. The zero-order chi connectivity index (χ0) is 12.3. The van der Waals surface area contributed by atoms with Gasteiger partial charge in [-0.3, -0.25) is 4.79 Å². The minimum atomic E-state index is -2.96. The van der Waals surface area contributed by atoms with Crippen LogP contribution in [0.3, 0.4) is 0 Å². The van der Waals surface area contributed by atoms with Crippen molar-refractivity contribution in [3.05, 3.63) is 22.5 Å². The van der Waals surface area contributed by atoms with Gasteiger partial charge < -0.3 is 9.84 Å². The Kier molecular flexibility index (Phi) is 4.00. The van der Waals surface area contributed by atoms with Crippen molar-refractivity contribution in [2.24, 2.45) is 0 Å². The largest absolute Gasteiger partial charge is 0.504 e. The highest BCUT2D eigenvalue weighted by molar-refractivity contribution is 6.32. The van der Waals surface area contributed by atoms with Gasteiger partial charge in [0.2, 0.25) is 0 Å². The zero-order valence-electron chi connectivity index (χ0n) is 8.21. The van der Waals surface area contributed by atoms with Crippen LogP contribution in [0, 0.1) is 0 Å². The second kappa shape index (κ2) is 5.07. The summed E-state index contributed by atoms with van der Waals surface area (Å²) in [6.45, 7) is 0. The SMILES string of the molecule is COC(=O)Cc1cc(Cl)c(O)c(C(F)F)n1. The Hall–Kier alpha value is -1.43. The van der Waals surface area contributed by atoms with Crippen LogP contribution >= 0.6 is 11.6 Å². The molecule has 88 valence electrons. The van der Waals surface area contributed by atoms with E-state index in [1.807, 2.05) is 0 Å². The molecular weight excluding hydrogens is 244 g/mol. The van der Waals surface area contributed by atoms with Crippen LogP contribution in [-0.4, -0.2) is 23.2 Å². The molecule has 0 spiro atoms. The molecule has 0 aliphatic carbocycles. The van der Waals surface area contributed by atoms with Gasteiger partial charge in [0.1, 0.15) is 5.69 Å². The summed E-state index contributed by atoms with van der Waals surface area (Å²) in [5.74, 6) is -1.40. The number of nitrogens with zero attached hydrogens (tertiary/aromatic N) is 1. The molecule has 1 rings (SSSR count). The third-order valence-electron chi connectivity index (χ3n) is 1.79. The first kappa shape index (κ1) is 12.6. The first-order valence-electron chi connectivity index (χ1n) is 4.19. The number of aromatic nitrogens is 1. The molecular formula is C9H8ClF2NO3. The van der Waals surface area contributed by atoms with Crippen molar-refractivity contribution in [2.75, 3.05) is 7.11 Å². The minimum Gasteiger partial charge on any atom is -0.504 e. The van der Waals surface area contributed by atoms with Crippen molar-refractivity contribution >= 4 is 17.6 Å². The van der Waals surface area contributed by atoms with E-state index >= 15 is 0 Å². The van der Waals surface area contributed by atoms with Crippen molar-refractivity contribution in [3.63, 3.8) is 0 Å². The van der Waals surface area contributed by atoms with Crippen LogP contribution in [0.5, 0.6) is 5.75 Å². The van der Waals surface area contributed by atoms with Gasteiger partial charge in [-0.1, -0.05) is 11.6 Å². The van der Waals surface area contributed by atoms with E-state index in [0.29, 0.717) is 0 Å². The Balaban J connectivity index is 3.09. The maximum Gasteiger partial charge on any atom is 0.311 e. The number of carbonyl (C=O) groups is 1. The number of aromatic hydroxyl groups is 1. The third kappa shape index (κ3) is 2.79. The maximum absolute atomic E-state index is 12.4. The van der Waals surface area contributed by atoms with Gasteiger partial charge in [0.25, 0.3) is 6.43 Å². The Morgan fingerprint density at radius 1 is 1.69 bits per heavy atom. The van der Waals surface area contributed by atoms with Crippen molar-refractivity contribution < 1.29 is 23.4 Å². The monoisotopic (exact) mass is 251 g/mol. The van der Waals surface area contributed by atoms with Crippen LogP contribution in [0.25, 0.3) is 0 Å². The van der Waals surface area contributed by atoms with Crippen LogP contribution < -0.4 is 0 Å². The molecule has 7 heteroatoms. The Morgan fingerprint density at radius 2 is 2.31 bits per heavy atom. The van der Waals surface area contributed by atoms with Crippen molar-refractivity contribution in [3.8, 4) is 5.75 Å². The molecule has 0 amide bonds. The van der Waals surface area contributed by atoms with Crippen molar-refractivity contribution in [1.82, 2.24) is 4.98 Å². The number of pyridine rings is 1. The third-order valence-corrected chi connectivity index (χ3v) is 2.07. The molecule has 1 aromatic heterocycles. The molecule has 0 aliphatic heterocycles. The van der Waals surface area contributed by atoms with Gasteiger partial charge in [0.15, 0.2) is 5.75 Å². The molecule has 0 bridgehead atoms. The predicted octanol–water partition coefficient (Wildman–Crippen LogP) is 2.09. The summed E-state index contributed by atoms with van der Waals surface area (Å²) in [4.78, 5) is 14.3. The van der Waals surface area contributed by atoms with Gasteiger partial charge in [-0.05, 0) is 6.07 Å². The van der Waals surface area contributed by atoms with E-state index in [9.17, 15) is 18.7 Å². The Labute approximate surface area is 94.8 Å². The highest BCUT2D eigenvalue weighted by atomic mass is 35.5. The lowest BCUT2D eigenvalue weighted by Gasteiger charge is -2.07. The Morgan fingerprint density at radius 3 is 2.81 bits per heavy atom. The fourth-order valence-electron chi connectivity index (χ4n) is 1.04. The summed E-state index contributed by atoms with van der Waals surface area (Å²) >= 11 is 5.51. The molecule has 1 aromatic rings. The van der Waals surface area contributed by atoms with E-state index in [4.69, 9.17) is 11.6 Å². The number of hydrogen-bond acceptors (Lipinski definition) is 4. The van der Waals surface area contributed by atoms with E-state index in [2.05, 4.69) is 9.72 Å².